The number of hydrogen-bond donors (Lipinski definition) is 0. The molecule has 3 heteroatoms. The normalized spacial score (nSPS) is 32.6. The zero-order valence-corrected chi connectivity index (χ0v) is 5.47. The Kier molecular flexibility index (Phi) is 1.27. The van der Waals surface area contributed by atoms with Crippen LogP contribution < -0.4 is 0 Å². The molecule has 0 aliphatic carbocycles. The highest BCUT2D eigenvalue weighted by Crippen LogP contribution is 2.30. The van der Waals surface area contributed by atoms with Crippen LogP contribution in [0.25, 0.3) is 0 Å². The molecule has 0 saturated carbocycles. The maximum Gasteiger partial charge on any atom is 0.243 e. The molecule has 0 aromatic rings. The second-order valence-corrected chi connectivity index (χ2v) is 1.98. The molecule has 8 heavy (non-hydrogen) atoms. The van der Waals surface area contributed by atoms with Crippen LogP contribution in [0.2, 0.25) is 0 Å². The zero-order chi connectivity index (χ0) is 6.20. The molecule has 0 bridgehead atoms. The first-order chi connectivity index (χ1) is 3.75. The van der Waals surface area contributed by atoms with E-state index in [0.29, 0.717) is 0 Å². The quantitative estimate of drug-likeness (QED) is 0.371. The van der Waals surface area contributed by atoms with Crippen molar-refractivity contribution in [2.75, 3.05) is 27.8 Å². The van der Waals surface area contributed by atoms with Crippen LogP contribution in [0.15, 0.2) is 0 Å². The molecule has 48 valence electrons. The fraction of sp³-hybridized carbons (Fsp3) is 1.00. The lowest BCUT2D eigenvalue weighted by Gasteiger charge is -2.09. The van der Waals surface area contributed by atoms with Crippen molar-refractivity contribution in [2.24, 2.45) is 0 Å². The summed E-state index contributed by atoms with van der Waals surface area (Å²) >= 11 is 0. The molecule has 1 aliphatic heterocycles. The van der Waals surface area contributed by atoms with E-state index < -0.39 is 0 Å². The van der Waals surface area contributed by atoms with E-state index in [0.717, 1.165) is 6.54 Å². The number of ether oxygens (including phenoxy) is 2. The fourth-order valence-electron chi connectivity index (χ4n) is 0.788. The fourth-order valence-corrected chi connectivity index (χ4v) is 0.788. The minimum Gasteiger partial charge on any atom is -0.340 e. The predicted molar refractivity (Wildman–Crippen MR) is 29.4 cm³/mol. The summed E-state index contributed by atoms with van der Waals surface area (Å²) in [6.45, 7) is 0.875. The highest BCUT2D eigenvalue weighted by atomic mass is 16.7. The lowest BCUT2D eigenvalue weighted by molar-refractivity contribution is -0.159. The second kappa shape index (κ2) is 1.69. The Morgan fingerprint density at radius 3 is 1.75 bits per heavy atom. The summed E-state index contributed by atoms with van der Waals surface area (Å²) in [4.78, 5) is 1.98. The predicted octanol–water partition coefficient (Wildman–Crippen LogP) is -0.122. The van der Waals surface area contributed by atoms with Crippen LogP contribution in [-0.2, 0) is 9.47 Å². The number of hydrogen-bond acceptors (Lipinski definition) is 3. The van der Waals surface area contributed by atoms with E-state index in [1.807, 2.05) is 11.9 Å². The van der Waals surface area contributed by atoms with E-state index in [2.05, 4.69) is 0 Å². The third-order valence-electron chi connectivity index (χ3n) is 1.55. The number of likely N-dealkylation sites (N-methyl/N-ethyl adjacent to an activating group) is 1. The Bertz CT molecular complexity index is 84.9. The number of nitrogens with zero attached hydrogens (tertiary/aromatic N) is 1. The Balaban J connectivity index is 2.39. The molecular weight excluding hydrogens is 106 g/mol. The van der Waals surface area contributed by atoms with Crippen LogP contribution >= 0.6 is 0 Å². The molecule has 1 heterocycles. The maximum atomic E-state index is 5.01. The average Bonchev–Trinajstić information content (AvgIpc) is 2.43. The van der Waals surface area contributed by atoms with Crippen molar-refractivity contribution in [3.05, 3.63) is 0 Å². The molecule has 1 rings (SSSR count). The van der Waals surface area contributed by atoms with Crippen LogP contribution in [0, 0.1) is 0 Å². The van der Waals surface area contributed by atoms with E-state index in [-0.39, 0.29) is 5.91 Å². The first kappa shape index (κ1) is 6.01. The van der Waals surface area contributed by atoms with Crippen molar-refractivity contribution < 1.29 is 9.47 Å². The smallest absolute Gasteiger partial charge is 0.243 e. The summed E-state index contributed by atoms with van der Waals surface area (Å²) in [6.07, 6.45) is 0. The first-order valence-electron chi connectivity index (χ1n) is 2.57. The molecule has 0 radical (unpaired) electrons. The molecule has 3 nitrogen and oxygen atoms in total. The molecule has 0 aromatic heterocycles. The zero-order valence-electron chi connectivity index (χ0n) is 5.47. The average molecular weight is 117 g/mol. The third-order valence-corrected chi connectivity index (χ3v) is 1.55. The summed E-state index contributed by atoms with van der Waals surface area (Å²) in [7, 11) is 5.24. The highest BCUT2D eigenvalue weighted by molar-refractivity contribution is 4.86. The summed E-state index contributed by atoms with van der Waals surface area (Å²) < 4.78 is 10.0. The van der Waals surface area contributed by atoms with Crippen LogP contribution in [0.4, 0.5) is 0 Å². The van der Waals surface area contributed by atoms with Gasteiger partial charge in [0.05, 0.1) is 6.54 Å². The second-order valence-electron chi connectivity index (χ2n) is 1.98. The number of rotatable bonds is 2. The van der Waals surface area contributed by atoms with E-state index in [1.165, 1.54) is 0 Å². The molecule has 0 N–H and O–H groups in total. The molecule has 1 saturated heterocycles. The Morgan fingerprint density at radius 2 is 1.75 bits per heavy atom. The van der Waals surface area contributed by atoms with Gasteiger partial charge in [0, 0.05) is 14.2 Å². The summed E-state index contributed by atoms with van der Waals surface area (Å²) in [5.41, 5.74) is 0. The SMILES string of the molecule is COC1(OC)CN1C. The van der Waals surface area contributed by atoms with Crippen molar-refractivity contribution in [1.29, 1.82) is 0 Å². The first-order valence-corrected chi connectivity index (χ1v) is 2.57. The van der Waals surface area contributed by atoms with E-state index in [9.17, 15) is 0 Å². The molecule has 1 aliphatic rings. The van der Waals surface area contributed by atoms with E-state index in [1.54, 1.807) is 14.2 Å². The topological polar surface area (TPSA) is 21.5 Å². The largest absolute Gasteiger partial charge is 0.340 e. The van der Waals surface area contributed by atoms with Gasteiger partial charge in [0.1, 0.15) is 0 Å². The van der Waals surface area contributed by atoms with Gasteiger partial charge in [0.25, 0.3) is 0 Å². The van der Waals surface area contributed by atoms with Gasteiger partial charge in [0.2, 0.25) is 5.91 Å². The highest BCUT2D eigenvalue weighted by Gasteiger charge is 2.50. The summed E-state index contributed by atoms with van der Waals surface area (Å²) in [5.74, 6) is -0.375. The molecule has 1 unspecified atom stereocenters. The summed E-state index contributed by atoms with van der Waals surface area (Å²) in [6, 6.07) is 0. The van der Waals surface area contributed by atoms with Crippen LogP contribution in [0.3, 0.4) is 0 Å². The minimum absolute atomic E-state index is 0.375. The monoisotopic (exact) mass is 117 g/mol. The van der Waals surface area contributed by atoms with Gasteiger partial charge in [-0.3, -0.25) is 0 Å². The molecule has 1 fully saturated rings. The number of methoxy groups -OCH3 is 2. The minimum atomic E-state index is -0.375. The van der Waals surface area contributed by atoms with E-state index in [4.69, 9.17) is 9.47 Å². The Hall–Kier alpha value is -0.120. The van der Waals surface area contributed by atoms with Crippen molar-refractivity contribution in [3.63, 3.8) is 0 Å². The van der Waals surface area contributed by atoms with Gasteiger partial charge in [-0.05, 0) is 7.05 Å². The summed E-state index contributed by atoms with van der Waals surface area (Å²) in [5, 5.41) is 0. The van der Waals surface area contributed by atoms with Gasteiger partial charge in [-0.25, -0.2) is 4.90 Å². The lowest BCUT2D eigenvalue weighted by Crippen LogP contribution is -2.21. The standard InChI is InChI=1S/C5H11NO2/c1-6-4-5(6,7-2)8-3/h4H2,1-3H3. The van der Waals surface area contributed by atoms with Crippen molar-refractivity contribution >= 4 is 0 Å². The van der Waals surface area contributed by atoms with Crippen LogP contribution in [-0.4, -0.2) is 38.6 Å². The molecule has 0 spiro atoms. The molecule has 0 amide bonds. The van der Waals surface area contributed by atoms with Gasteiger partial charge in [-0.2, -0.15) is 0 Å². The molecule has 1 atom stereocenters. The van der Waals surface area contributed by atoms with Gasteiger partial charge in [-0.15, -0.1) is 0 Å². The Morgan fingerprint density at radius 1 is 1.38 bits per heavy atom. The molecular formula is C5H11NO2. The van der Waals surface area contributed by atoms with Crippen molar-refractivity contribution in [1.82, 2.24) is 4.90 Å². The lowest BCUT2D eigenvalue weighted by atomic mass is 10.7. The van der Waals surface area contributed by atoms with Gasteiger partial charge in [0.15, 0.2) is 0 Å². The van der Waals surface area contributed by atoms with Gasteiger partial charge in [-0.1, -0.05) is 0 Å². The van der Waals surface area contributed by atoms with Crippen LogP contribution in [0.5, 0.6) is 0 Å². The van der Waals surface area contributed by atoms with Gasteiger partial charge >= 0.3 is 0 Å². The van der Waals surface area contributed by atoms with E-state index >= 15 is 0 Å². The molecule has 0 aromatic carbocycles. The van der Waals surface area contributed by atoms with Gasteiger partial charge < -0.3 is 9.47 Å². The Labute approximate surface area is 49.2 Å². The van der Waals surface area contributed by atoms with Crippen LogP contribution in [0.1, 0.15) is 0 Å². The van der Waals surface area contributed by atoms with Crippen molar-refractivity contribution in [2.45, 2.75) is 5.91 Å². The maximum absolute atomic E-state index is 5.01. The van der Waals surface area contributed by atoms with Crippen molar-refractivity contribution in [3.8, 4) is 0 Å². The third kappa shape index (κ3) is 0.632.